The van der Waals surface area contributed by atoms with Gasteiger partial charge in [0.25, 0.3) is 0 Å². The van der Waals surface area contributed by atoms with Crippen molar-refractivity contribution in [1.29, 1.82) is 0 Å². The summed E-state index contributed by atoms with van der Waals surface area (Å²) in [5, 5.41) is 9.64. The number of alkyl halides is 3. The fourth-order valence-corrected chi connectivity index (χ4v) is 2.32. The van der Waals surface area contributed by atoms with Gasteiger partial charge in [-0.05, 0) is 12.1 Å². The lowest BCUT2D eigenvalue weighted by Crippen LogP contribution is -2.50. The maximum atomic E-state index is 12.3. The molecule has 118 valence electrons. The Labute approximate surface area is 126 Å². The second kappa shape index (κ2) is 6.91. The Kier molecular flexibility index (Phi) is 5.43. The molecule has 2 heterocycles. The van der Waals surface area contributed by atoms with Crippen LogP contribution >= 0.6 is 11.6 Å². The van der Waals surface area contributed by atoms with E-state index in [2.05, 4.69) is 9.88 Å². The molecule has 0 aliphatic carbocycles. The average molecular weight is 324 g/mol. The van der Waals surface area contributed by atoms with E-state index in [-0.39, 0.29) is 6.54 Å². The molecule has 1 fully saturated rings. The van der Waals surface area contributed by atoms with Gasteiger partial charge in [0.15, 0.2) is 6.10 Å². The van der Waals surface area contributed by atoms with Gasteiger partial charge < -0.3 is 5.11 Å². The normalized spacial score (nSPS) is 19.7. The molecule has 0 amide bonds. The molecule has 1 aliphatic rings. The van der Waals surface area contributed by atoms with E-state index in [0.29, 0.717) is 37.7 Å². The highest BCUT2D eigenvalue weighted by Crippen LogP contribution is 2.21. The van der Waals surface area contributed by atoms with Gasteiger partial charge in [-0.2, -0.15) is 13.2 Å². The second-order valence-electron chi connectivity index (χ2n) is 5.10. The zero-order chi connectivity index (χ0) is 15.5. The monoisotopic (exact) mass is 323 g/mol. The van der Waals surface area contributed by atoms with E-state index in [1.54, 1.807) is 17.2 Å². The Morgan fingerprint density at radius 2 is 1.81 bits per heavy atom. The fraction of sp³-hybridized carbons (Fsp3) is 0.615. The van der Waals surface area contributed by atoms with Crippen LogP contribution in [0.3, 0.4) is 0 Å². The van der Waals surface area contributed by atoms with E-state index in [4.69, 9.17) is 16.7 Å². The van der Waals surface area contributed by atoms with Crippen LogP contribution in [0.5, 0.6) is 0 Å². The minimum atomic E-state index is -4.55. The Morgan fingerprint density at radius 1 is 1.19 bits per heavy atom. The molecule has 4 nitrogen and oxygen atoms in total. The van der Waals surface area contributed by atoms with Gasteiger partial charge in [-0.15, -0.1) is 0 Å². The second-order valence-corrected chi connectivity index (χ2v) is 5.54. The van der Waals surface area contributed by atoms with Crippen molar-refractivity contribution in [2.45, 2.75) is 18.8 Å². The molecule has 1 saturated heterocycles. The standard InChI is InChI=1S/C13H17ClF3N3O/c14-10-1-2-11(18-7-10)8-19-3-5-20(6-4-19)9-12(21)13(15,16)17/h1-2,7,12,21H,3-6,8-9H2. The van der Waals surface area contributed by atoms with Crippen molar-refractivity contribution in [2.75, 3.05) is 32.7 Å². The number of aliphatic hydroxyl groups excluding tert-OH is 1. The fourth-order valence-electron chi connectivity index (χ4n) is 2.21. The van der Waals surface area contributed by atoms with E-state index in [9.17, 15) is 13.2 Å². The van der Waals surface area contributed by atoms with Gasteiger partial charge in [-0.3, -0.25) is 14.8 Å². The summed E-state index contributed by atoms with van der Waals surface area (Å²) in [6.45, 7) is 2.58. The first kappa shape index (κ1) is 16.5. The Bertz CT molecular complexity index is 447. The zero-order valence-corrected chi connectivity index (χ0v) is 12.1. The Morgan fingerprint density at radius 3 is 2.33 bits per heavy atom. The molecule has 2 rings (SSSR count). The van der Waals surface area contributed by atoms with Crippen LogP contribution in [0.1, 0.15) is 5.69 Å². The first-order valence-electron chi connectivity index (χ1n) is 6.64. The Balaban J connectivity index is 1.77. The number of piperazine rings is 1. The highest BCUT2D eigenvalue weighted by Gasteiger charge is 2.39. The van der Waals surface area contributed by atoms with Gasteiger partial charge in [0.2, 0.25) is 0 Å². The molecule has 0 spiro atoms. The minimum Gasteiger partial charge on any atom is -0.382 e. The maximum absolute atomic E-state index is 12.3. The summed E-state index contributed by atoms with van der Waals surface area (Å²) in [6.07, 6.45) is -5.25. The first-order chi connectivity index (χ1) is 9.84. The van der Waals surface area contributed by atoms with Gasteiger partial charge >= 0.3 is 6.18 Å². The van der Waals surface area contributed by atoms with Crippen LogP contribution in [0.2, 0.25) is 5.02 Å². The average Bonchev–Trinajstić information content (AvgIpc) is 2.42. The van der Waals surface area contributed by atoms with Crippen molar-refractivity contribution < 1.29 is 18.3 Å². The molecular weight excluding hydrogens is 307 g/mol. The van der Waals surface area contributed by atoms with Gasteiger partial charge in [0.1, 0.15) is 0 Å². The number of hydrogen-bond donors (Lipinski definition) is 1. The van der Waals surface area contributed by atoms with Crippen LogP contribution in [0.15, 0.2) is 18.3 Å². The summed E-state index contributed by atoms with van der Waals surface area (Å²) in [5.41, 5.74) is 0.878. The molecular formula is C13H17ClF3N3O. The Hall–Kier alpha value is -0.890. The maximum Gasteiger partial charge on any atom is 0.415 e. The van der Waals surface area contributed by atoms with Crippen LogP contribution in [-0.2, 0) is 6.54 Å². The molecule has 1 aromatic heterocycles. The van der Waals surface area contributed by atoms with Gasteiger partial charge in [0, 0.05) is 45.5 Å². The largest absolute Gasteiger partial charge is 0.415 e. The van der Waals surface area contributed by atoms with Gasteiger partial charge in [-0.25, -0.2) is 0 Å². The van der Waals surface area contributed by atoms with Crippen molar-refractivity contribution in [3.05, 3.63) is 29.0 Å². The van der Waals surface area contributed by atoms with Gasteiger partial charge in [0.05, 0.1) is 10.7 Å². The number of pyridine rings is 1. The zero-order valence-electron chi connectivity index (χ0n) is 11.4. The summed E-state index contributed by atoms with van der Waals surface area (Å²) >= 11 is 5.76. The van der Waals surface area contributed by atoms with Crippen LogP contribution in [0.25, 0.3) is 0 Å². The van der Waals surface area contributed by atoms with E-state index >= 15 is 0 Å². The molecule has 1 aliphatic heterocycles. The number of aromatic nitrogens is 1. The molecule has 1 atom stereocenters. The number of rotatable bonds is 4. The first-order valence-corrected chi connectivity index (χ1v) is 7.02. The van der Waals surface area contributed by atoms with E-state index < -0.39 is 12.3 Å². The van der Waals surface area contributed by atoms with E-state index in [0.717, 1.165) is 5.69 Å². The highest BCUT2D eigenvalue weighted by molar-refractivity contribution is 6.30. The minimum absolute atomic E-state index is 0.365. The molecule has 1 N–H and O–H groups in total. The highest BCUT2D eigenvalue weighted by atomic mass is 35.5. The van der Waals surface area contributed by atoms with Crippen LogP contribution in [-0.4, -0.2) is 64.9 Å². The van der Waals surface area contributed by atoms with E-state index in [1.807, 2.05) is 6.07 Å². The summed E-state index contributed by atoms with van der Waals surface area (Å²) in [4.78, 5) is 7.94. The molecule has 1 aromatic rings. The predicted molar refractivity (Wildman–Crippen MR) is 73.0 cm³/mol. The lowest BCUT2D eigenvalue weighted by atomic mass is 10.2. The summed E-state index contributed by atoms with van der Waals surface area (Å²) in [7, 11) is 0. The quantitative estimate of drug-likeness (QED) is 0.917. The van der Waals surface area contributed by atoms with Crippen molar-refractivity contribution in [3.63, 3.8) is 0 Å². The van der Waals surface area contributed by atoms with Crippen LogP contribution in [0, 0.1) is 0 Å². The summed E-state index contributed by atoms with van der Waals surface area (Å²) in [6, 6.07) is 3.60. The molecule has 0 saturated carbocycles. The van der Waals surface area contributed by atoms with Crippen LogP contribution < -0.4 is 0 Å². The molecule has 0 bridgehead atoms. The molecule has 8 heteroatoms. The van der Waals surface area contributed by atoms with E-state index in [1.165, 1.54) is 0 Å². The number of aliphatic hydroxyl groups is 1. The van der Waals surface area contributed by atoms with Crippen molar-refractivity contribution >= 4 is 11.6 Å². The molecule has 1 unspecified atom stereocenters. The molecule has 0 aromatic carbocycles. The SMILES string of the molecule is OC(CN1CCN(Cc2ccc(Cl)cn2)CC1)C(F)(F)F. The smallest absolute Gasteiger partial charge is 0.382 e. The number of β-amino-alcohol motifs (C(OH)–C–C–N with tert-alkyl or cyclic N) is 1. The summed E-state index contributed by atoms with van der Waals surface area (Å²) in [5.74, 6) is 0. The van der Waals surface area contributed by atoms with Crippen molar-refractivity contribution in [2.24, 2.45) is 0 Å². The predicted octanol–water partition coefficient (Wildman–Crippen LogP) is 1.78. The topological polar surface area (TPSA) is 39.6 Å². The lowest BCUT2D eigenvalue weighted by molar-refractivity contribution is -0.209. The van der Waals surface area contributed by atoms with Gasteiger partial charge in [-0.1, -0.05) is 11.6 Å². The number of nitrogens with zero attached hydrogens (tertiary/aromatic N) is 3. The third-order valence-electron chi connectivity index (χ3n) is 3.45. The van der Waals surface area contributed by atoms with Crippen molar-refractivity contribution in [1.82, 2.24) is 14.8 Å². The summed E-state index contributed by atoms with van der Waals surface area (Å²) < 4.78 is 36.9. The number of hydrogen-bond acceptors (Lipinski definition) is 4. The molecule has 21 heavy (non-hydrogen) atoms. The number of halogens is 4. The lowest BCUT2D eigenvalue weighted by Gasteiger charge is -2.35. The van der Waals surface area contributed by atoms with Crippen molar-refractivity contribution in [3.8, 4) is 0 Å². The molecule has 0 radical (unpaired) electrons. The third-order valence-corrected chi connectivity index (χ3v) is 3.67. The van der Waals surface area contributed by atoms with Crippen LogP contribution in [0.4, 0.5) is 13.2 Å². The third kappa shape index (κ3) is 5.10.